The number of benzene rings is 2. The van der Waals surface area contributed by atoms with Crippen LogP contribution in [0.3, 0.4) is 0 Å². The van der Waals surface area contributed by atoms with Crippen LogP contribution >= 0.6 is 0 Å². The fourth-order valence-electron chi connectivity index (χ4n) is 2.78. The average Bonchev–Trinajstić information content (AvgIpc) is 3.22. The minimum Gasteiger partial charge on any atom is -0.367 e. The number of amides is 1. The van der Waals surface area contributed by atoms with E-state index in [2.05, 4.69) is 10.1 Å². The molecule has 0 fully saturated rings. The highest BCUT2D eigenvalue weighted by molar-refractivity contribution is 5.78. The van der Waals surface area contributed by atoms with E-state index in [0.29, 0.717) is 12.1 Å². The van der Waals surface area contributed by atoms with Crippen molar-refractivity contribution in [1.82, 2.24) is 9.88 Å². The molecule has 1 aromatic heterocycles. The Labute approximate surface area is 166 Å². The highest BCUT2D eigenvalue weighted by Crippen LogP contribution is 2.16. The summed E-state index contributed by atoms with van der Waals surface area (Å²) in [5.41, 5.74) is 3.45. The first kappa shape index (κ1) is 20.7. The molecule has 0 atom stereocenters. The van der Waals surface area contributed by atoms with Crippen molar-refractivity contribution in [1.29, 1.82) is 0 Å². The van der Waals surface area contributed by atoms with E-state index < -0.39 is 12.8 Å². The fraction of sp³-hybridized carbons (Fsp3) is 0.227. The lowest BCUT2D eigenvalue weighted by Crippen LogP contribution is -2.24. The number of nitrogens with one attached hydrogen (secondary N) is 1. The number of rotatable bonds is 8. The maximum absolute atomic E-state index is 12.2. The molecule has 0 unspecified atom stereocenters. The Kier molecular flexibility index (Phi) is 6.72. The van der Waals surface area contributed by atoms with Crippen molar-refractivity contribution in [2.24, 2.45) is 0 Å². The predicted molar refractivity (Wildman–Crippen MR) is 103 cm³/mol. The Morgan fingerprint density at radius 2 is 1.48 bits per heavy atom. The molecule has 152 valence electrons. The average molecular weight is 402 g/mol. The predicted octanol–water partition coefficient (Wildman–Crippen LogP) is 4.42. The minimum atomic E-state index is -4.33. The van der Waals surface area contributed by atoms with Crippen LogP contribution in [0.15, 0.2) is 73.1 Å². The largest absolute Gasteiger partial charge is 0.411 e. The van der Waals surface area contributed by atoms with E-state index in [1.807, 2.05) is 53.4 Å². The van der Waals surface area contributed by atoms with E-state index >= 15 is 0 Å². The SMILES string of the molecule is O=C(Cc1ccc(-n2cccc2)cc1)NCc1ccc(COCC(F)(F)F)cc1. The summed E-state index contributed by atoms with van der Waals surface area (Å²) >= 11 is 0. The first-order valence-electron chi connectivity index (χ1n) is 9.10. The highest BCUT2D eigenvalue weighted by atomic mass is 19.4. The molecule has 1 N–H and O–H groups in total. The molecule has 0 radical (unpaired) electrons. The number of nitrogens with zero attached hydrogens (tertiary/aromatic N) is 1. The van der Waals surface area contributed by atoms with Crippen LogP contribution in [0.2, 0.25) is 0 Å². The Bertz CT molecular complexity index is 903. The van der Waals surface area contributed by atoms with Gasteiger partial charge < -0.3 is 14.6 Å². The summed E-state index contributed by atoms with van der Waals surface area (Å²) < 4.78 is 42.8. The quantitative estimate of drug-likeness (QED) is 0.606. The third kappa shape index (κ3) is 6.80. The molecule has 0 saturated heterocycles. The number of alkyl halides is 3. The molecule has 3 rings (SSSR count). The van der Waals surface area contributed by atoms with Crippen molar-refractivity contribution in [2.75, 3.05) is 6.61 Å². The van der Waals surface area contributed by atoms with Gasteiger partial charge in [-0.3, -0.25) is 4.79 Å². The highest BCUT2D eigenvalue weighted by Gasteiger charge is 2.27. The number of hydrogen-bond donors (Lipinski definition) is 1. The van der Waals surface area contributed by atoms with E-state index in [1.54, 1.807) is 24.3 Å². The molecule has 0 aliphatic carbocycles. The van der Waals surface area contributed by atoms with Crippen LogP contribution in [0.4, 0.5) is 13.2 Å². The second kappa shape index (κ2) is 9.43. The summed E-state index contributed by atoms with van der Waals surface area (Å²) in [6.45, 7) is -1.02. The Morgan fingerprint density at radius 1 is 0.897 bits per heavy atom. The molecular weight excluding hydrogens is 381 g/mol. The van der Waals surface area contributed by atoms with E-state index in [0.717, 1.165) is 16.8 Å². The Balaban J connectivity index is 1.43. The van der Waals surface area contributed by atoms with Crippen LogP contribution in [0.25, 0.3) is 5.69 Å². The molecule has 0 aliphatic rings. The van der Waals surface area contributed by atoms with Crippen molar-refractivity contribution in [3.63, 3.8) is 0 Å². The normalized spacial score (nSPS) is 11.4. The van der Waals surface area contributed by atoms with Crippen LogP contribution < -0.4 is 5.32 Å². The van der Waals surface area contributed by atoms with Crippen LogP contribution in [0.5, 0.6) is 0 Å². The molecule has 3 aromatic rings. The fourth-order valence-corrected chi connectivity index (χ4v) is 2.78. The van der Waals surface area contributed by atoms with E-state index in [1.165, 1.54) is 0 Å². The van der Waals surface area contributed by atoms with E-state index in [-0.39, 0.29) is 18.9 Å². The molecule has 2 aromatic carbocycles. The monoisotopic (exact) mass is 402 g/mol. The van der Waals surface area contributed by atoms with Gasteiger partial charge in [-0.2, -0.15) is 13.2 Å². The third-order valence-electron chi connectivity index (χ3n) is 4.25. The third-order valence-corrected chi connectivity index (χ3v) is 4.25. The van der Waals surface area contributed by atoms with Gasteiger partial charge in [0.05, 0.1) is 13.0 Å². The maximum atomic E-state index is 12.2. The second-order valence-corrected chi connectivity index (χ2v) is 6.63. The number of aromatic nitrogens is 1. The zero-order valence-electron chi connectivity index (χ0n) is 15.7. The standard InChI is InChI=1S/C22H21F3N2O2/c23-22(24,25)16-29-15-19-5-3-18(4-6-19)14-26-21(28)13-17-7-9-20(10-8-17)27-11-1-2-12-27/h1-12H,13-16H2,(H,26,28). The summed E-state index contributed by atoms with van der Waals surface area (Å²) in [4.78, 5) is 12.2. The summed E-state index contributed by atoms with van der Waals surface area (Å²) in [5.74, 6) is -0.101. The molecule has 0 saturated carbocycles. The van der Waals surface area contributed by atoms with Crippen LogP contribution in [0.1, 0.15) is 16.7 Å². The summed E-state index contributed by atoms with van der Waals surface area (Å²) in [6.07, 6.45) is -0.146. The zero-order valence-corrected chi connectivity index (χ0v) is 15.7. The lowest BCUT2D eigenvalue weighted by Gasteiger charge is -2.09. The van der Waals surface area contributed by atoms with Crippen LogP contribution in [0, 0.1) is 0 Å². The van der Waals surface area contributed by atoms with Crippen LogP contribution in [-0.2, 0) is 29.1 Å². The van der Waals surface area contributed by atoms with Gasteiger partial charge in [-0.25, -0.2) is 0 Å². The second-order valence-electron chi connectivity index (χ2n) is 6.63. The van der Waals surface area contributed by atoms with Gasteiger partial charge >= 0.3 is 6.18 Å². The number of carbonyl (C=O) groups is 1. The number of hydrogen-bond acceptors (Lipinski definition) is 2. The van der Waals surface area contributed by atoms with Crippen LogP contribution in [-0.4, -0.2) is 23.3 Å². The van der Waals surface area contributed by atoms with Crippen molar-refractivity contribution in [3.05, 3.63) is 89.7 Å². The van der Waals surface area contributed by atoms with Crippen molar-refractivity contribution in [2.45, 2.75) is 25.7 Å². The van der Waals surface area contributed by atoms with Crippen molar-refractivity contribution in [3.8, 4) is 5.69 Å². The summed E-state index contributed by atoms with van der Waals surface area (Å²) in [5, 5.41) is 2.85. The maximum Gasteiger partial charge on any atom is 0.411 e. The van der Waals surface area contributed by atoms with Gasteiger partial charge in [0, 0.05) is 24.6 Å². The van der Waals surface area contributed by atoms with E-state index in [4.69, 9.17) is 0 Å². The van der Waals surface area contributed by atoms with Gasteiger partial charge in [-0.1, -0.05) is 36.4 Å². The number of halogens is 3. The van der Waals surface area contributed by atoms with Gasteiger partial charge in [0.15, 0.2) is 0 Å². The minimum absolute atomic E-state index is 0.101. The van der Waals surface area contributed by atoms with Gasteiger partial charge in [0.2, 0.25) is 5.91 Å². The molecular formula is C22H21F3N2O2. The summed E-state index contributed by atoms with van der Waals surface area (Å²) in [7, 11) is 0. The summed E-state index contributed by atoms with van der Waals surface area (Å²) in [6, 6.07) is 18.6. The zero-order chi connectivity index (χ0) is 20.7. The van der Waals surface area contributed by atoms with E-state index in [9.17, 15) is 18.0 Å². The molecule has 0 bridgehead atoms. The van der Waals surface area contributed by atoms with Crippen molar-refractivity contribution < 1.29 is 22.7 Å². The molecule has 0 aliphatic heterocycles. The van der Waals surface area contributed by atoms with Crippen molar-refractivity contribution >= 4 is 5.91 Å². The smallest absolute Gasteiger partial charge is 0.367 e. The molecule has 4 nitrogen and oxygen atoms in total. The lowest BCUT2D eigenvalue weighted by atomic mass is 10.1. The first-order chi connectivity index (χ1) is 13.9. The molecule has 0 spiro atoms. The first-order valence-corrected chi connectivity index (χ1v) is 9.10. The van der Waals surface area contributed by atoms with Gasteiger partial charge in [0.25, 0.3) is 0 Å². The van der Waals surface area contributed by atoms with Gasteiger partial charge in [-0.15, -0.1) is 0 Å². The number of carbonyl (C=O) groups excluding carboxylic acids is 1. The molecule has 7 heteroatoms. The molecule has 1 heterocycles. The Morgan fingerprint density at radius 3 is 2.10 bits per heavy atom. The number of ether oxygens (including phenoxy) is 1. The Hall–Kier alpha value is -3.06. The topological polar surface area (TPSA) is 43.3 Å². The van der Waals surface area contributed by atoms with Gasteiger partial charge in [-0.05, 0) is 41.0 Å². The lowest BCUT2D eigenvalue weighted by molar-refractivity contribution is -0.176. The van der Waals surface area contributed by atoms with Gasteiger partial charge in [0.1, 0.15) is 6.61 Å². The molecule has 29 heavy (non-hydrogen) atoms. The molecule has 1 amide bonds.